The average Bonchev–Trinajstić information content (AvgIpc) is 3.22. The summed E-state index contributed by atoms with van der Waals surface area (Å²) in [6, 6.07) is 10.7. The quantitative estimate of drug-likeness (QED) is 0.347. The number of carbonyl (C=O) groups is 1. The molecule has 1 aliphatic heterocycles. The van der Waals surface area contributed by atoms with Gasteiger partial charge in [0.1, 0.15) is 11.8 Å². The summed E-state index contributed by atoms with van der Waals surface area (Å²) >= 11 is 12.9. The number of nitrogens with zero attached hydrogens (tertiary/aromatic N) is 3. The normalized spacial score (nSPS) is 23.0. The van der Waals surface area contributed by atoms with Crippen molar-refractivity contribution in [3.05, 3.63) is 68.4 Å². The van der Waals surface area contributed by atoms with E-state index < -0.39 is 11.6 Å². The van der Waals surface area contributed by atoms with Crippen molar-refractivity contribution >= 4 is 34.9 Å². The van der Waals surface area contributed by atoms with Crippen LogP contribution >= 0.6 is 23.2 Å². The number of halogens is 3. The number of alkyl halides is 1. The predicted octanol–water partition coefficient (Wildman–Crippen LogP) is 6.67. The fourth-order valence-electron chi connectivity index (χ4n) is 5.98. The minimum Gasteiger partial charge on any atom is -0.478 e. The maximum Gasteiger partial charge on any atom is 0.337 e. The topological polar surface area (TPSA) is 99.6 Å². The molecule has 1 aromatic heterocycles. The van der Waals surface area contributed by atoms with Gasteiger partial charge in [0.05, 0.1) is 39.4 Å². The van der Waals surface area contributed by atoms with Crippen molar-refractivity contribution in [3.63, 3.8) is 0 Å². The number of anilines is 1. The van der Waals surface area contributed by atoms with Crippen LogP contribution in [-0.2, 0) is 17.0 Å². The number of nitriles is 1. The second kappa shape index (κ2) is 9.26. The molecule has 1 N–H and O–H groups in total. The molecule has 10 heteroatoms. The van der Waals surface area contributed by atoms with Crippen molar-refractivity contribution in [2.75, 3.05) is 11.4 Å². The summed E-state index contributed by atoms with van der Waals surface area (Å²) in [6.07, 6.45) is 2.38. The number of piperidine rings is 1. The second-order valence-corrected chi connectivity index (χ2v) is 11.2. The van der Waals surface area contributed by atoms with Crippen molar-refractivity contribution in [2.24, 2.45) is 5.92 Å². The molecule has 38 heavy (non-hydrogen) atoms. The highest BCUT2D eigenvalue weighted by Crippen LogP contribution is 2.53. The monoisotopic (exact) mass is 555 g/mol. The number of carboxylic acids is 1. The van der Waals surface area contributed by atoms with E-state index in [2.05, 4.69) is 16.1 Å². The minimum absolute atomic E-state index is 0.0135. The molecule has 3 aliphatic rings. The molecule has 2 aliphatic carbocycles. The Morgan fingerprint density at radius 2 is 2.03 bits per heavy atom. The van der Waals surface area contributed by atoms with Crippen LogP contribution in [0.15, 0.2) is 34.9 Å². The van der Waals surface area contributed by atoms with Crippen LogP contribution in [0.3, 0.4) is 0 Å². The predicted molar refractivity (Wildman–Crippen MR) is 139 cm³/mol. The minimum atomic E-state index is -1.54. The van der Waals surface area contributed by atoms with Crippen LogP contribution < -0.4 is 4.90 Å². The molecular weight excluding hydrogens is 532 g/mol. The van der Waals surface area contributed by atoms with Gasteiger partial charge in [-0.25, -0.2) is 9.18 Å². The number of carboxylic acid groups (broad SMARTS) is 1. The molecule has 7 nitrogen and oxygen atoms in total. The Bertz CT molecular complexity index is 1480. The molecule has 1 saturated heterocycles. The van der Waals surface area contributed by atoms with E-state index in [9.17, 15) is 15.2 Å². The molecule has 0 radical (unpaired) electrons. The number of fused-ring (bicyclic) bond motifs is 2. The molecule has 0 unspecified atom stereocenters. The summed E-state index contributed by atoms with van der Waals surface area (Å²) in [7, 11) is 0. The van der Waals surface area contributed by atoms with Gasteiger partial charge in [0.25, 0.3) is 0 Å². The zero-order chi connectivity index (χ0) is 26.8. The van der Waals surface area contributed by atoms with Crippen LogP contribution in [0.25, 0.3) is 11.3 Å². The van der Waals surface area contributed by atoms with Crippen molar-refractivity contribution in [1.82, 2.24) is 5.16 Å². The number of hydrogen-bond acceptors (Lipinski definition) is 6. The molecule has 6 rings (SSSR count). The lowest BCUT2D eigenvalue weighted by molar-refractivity contribution is 0.0114. The molecule has 196 valence electrons. The first kappa shape index (κ1) is 25.2. The van der Waals surface area contributed by atoms with E-state index in [0.717, 1.165) is 25.1 Å². The SMILES string of the molecule is Cc1c(N2C[C@@H]3C[C@H]2C[C@H]3OCc2c(-c3c(Cl)cccc3Cl)noc2C2(F)CC2)ccc(C(=O)O)c1C#N. The van der Waals surface area contributed by atoms with Crippen molar-refractivity contribution in [2.45, 2.75) is 57.0 Å². The summed E-state index contributed by atoms with van der Waals surface area (Å²) in [5.74, 6) is -0.689. The van der Waals surface area contributed by atoms with E-state index in [1.165, 1.54) is 6.07 Å². The number of ether oxygens (including phenoxy) is 1. The summed E-state index contributed by atoms with van der Waals surface area (Å²) in [4.78, 5) is 13.8. The largest absolute Gasteiger partial charge is 0.478 e. The first-order valence-electron chi connectivity index (χ1n) is 12.5. The van der Waals surface area contributed by atoms with Gasteiger partial charge in [-0.3, -0.25) is 0 Å². The maximum absolute atomic E-state index is 15.2. The van der Waals surface area contributed by atoms with E-state index >= 15 is 4.39 Å². The molecule has 3 fully saturated rings. The van der Waals surface area contributed by atoms with Gasteiger partial charge >= 0.3 is 5.97 Å². The summed E-state index contributed by atoms with van der Waals surface area (Å²) in [6.45, 7) is 2.64. The van der Waals surface area contributed by atoms with E-state index in [4.69, 9.17) is 32.5 Å². The lowest BCUT2D eigenvalue weighted by Crippen LogP contribution is -2.39. The molecule has 0 spiro atoms. The van der Waals surface area contributed by atoms with Crippen molar-refractivity contribution < 1.29 is 23.6 Å². The first-order chi connectivity index (χ1) is 18.2. The number of aromatic nitrogens is 1. The number of hydrogen-bond donors (Lipinski definition) is 1. The Morgan fingerprint density at radius 1 is 1.29 bits per heavy atom. The Kier molecular flexibility index (Phi) is 6.14. The maximum atomic E-state index is 15.2. The smallest absolute Gasteiger partial charge is 0.337 e. The van der Waals surface area contributed by atoms with Crippen LogP contribution in [0, 0.1) is 24.2 Å². The number of aromatic carboxylic acids is 1. The lowest BCUT2D eigenvalue weighted by Gasteiger charge is -2.34. The lowest BCUT2D eigenvalue weighted by atomic mass is 9.98. The Balaban J connectivity index is 1.22. The zero-order valence-electron chi connectivity index (χ0n) is 20.5. The van der Waals surface area contributed by atoms with Crippen molar-refractivity contribution in [1.29, 1.82) is 5.26 Å². The third-order valence-corrected chi connectivity index (χ3v) is 8.72. The number of benzene rings is 2. The van der Waals surface area contributed by atoms with Gasteiger partial charge in [-0.1, -0.05) is 34.4 Å². The fraction of sp³-hybridized carbons (Fsp3) is 0.393. The van der Waals surface area contributed by atoms with Gasteiger partial charge in [0.15, 0.2) is 11.4 Å². The Labute approximate surface area is 228 Å². The van der Waals surface area contributed by atoms with Gasteiger partial charge in [-0.2, -0.15) is 5.26 Å². The van der Waals surface area contributed by atoms with E-state index in [1.807, 2.05) is 0 Å². The highest BCUT2D eigenvalue weighted by Gasteiger charge is 2.52. The Morgan fingerprint density at radius 3 is 2.63 bits per heavy atom. The highest BCUT2D eigenvalue weighted by atomic mass is 35.5. The zero-order valence-corrected chi connectivity index (χ0v) is 22.0. The van der Waals surface area contributed by atoms with Gasteiger partial charge in [0.2, 0.25) is 0 Å². The standard InChI is InChI=1S/C28H24Cl2FN3O4/c1-14-18(11-32)17(27(35)36)5-6-22(14)34-12-15-9-16(34)10-23(15)37-13-19-25(24-20(29)3-2-4-21(24)30)33-38-26(19)28(31)7-8-28/h2-6,15-16,23H,7-10,12-13H2,1H3,(H,35,36)/t15-,16-,23+/m0/s1. The summed E-state index contributed by atoms with van der Waals surface area (Å²) < 4.78 is 27.1. The molecule has 3 atom stereocenters. The molecule has 0 amide bonds. The third-order valence-electron chi connectivity index (χ3n) is 8.09. The van der Waals surface area contributed by atoms with Gasteiger partial charge < -0.3 is 19.3 Å². The summed E-state index contributed by atoms with van der Waals surface area (Å²) in [5, 5.41) is 24.0. The van der Waals surface area contributed by atoms with Crippen LogP contribution in [0.4, 0.5) is 10.1 Å². The molecule has 3 aromatic rings. The van der Waals surface area contributed by atoms with Crippen LogP contribution in [0.1, 0.15) is 58.5 Å². The van der Waals surface area contributed by atoms with Crippen molar-refractivity contribution in [3.8, 4) is 17.3 Å². The van der Waals surface area contributed by atoms with Gasteiger partial charge in [0, 0.05) is 29.8 Å². The molecule has 2 bridgehead atoms. The van der Waals surface area contributed by atoms with E-state index in [1.54, 1.807) is 31.2 Å². The molecule has 2 saturated carbocycles. The van der Waals surface area contributed by atoms with Crippen LogP contribution in [-0.4, -0.2) is 34.9 Å². The Hall–Kier alpha value is -3.12. The number of rotatable bonds is 7. The van der Waals surface area contributed by atoms with Gasteiger partial charge in [-0.05, 0) is 62.4 Å². The average molecular weight is 556 g/mol. The molecular formula is C28H24Cl2FN3O4. The third kappa shape index (κ3) is 4.05. The molecule has 2 heterocycles. The second-order valence-electron chi connectivity index (χ2n) is 10.3. The van der Waals surface area contributed by atoms with E-state index in [-0.39, 0.29) is 41.6 Å². The van der Waals surface area contributed by atoms with Crippen LogP contribution in [0.5, 0.6) is 0 Å². The van der Waals surface area contributed by atoms with E-state index in [0.29, 0.717) is 45.3 Å². The fourth-order valence-corrected chi connectivity index (χ4v) is 6.56. The van der Waals surface area contributed by atoms with Gasteiger partial charge in [-0.15, -0.1) is 0 Å². The molecule has 2 aromatic carbocycles. The van der Waals surface area contributed by atoms with Crippen LogP contribution in [0.2, 0.25) is 10.0 Å². The highest BCUT2D eigenvalue weighted by molar-refractivity contribution is 6.39. The summed E-state index contributed by atoms with van der Waals surface area (Å²) in [5.41, 5.74) is 1.66. The first-order valence-corrected chi connectivity index (χ1v) is 13.2.